The first-order valence-corrected chi connectivity index (χ1v) is 15.1. The molecule has 0 spiro atoms. The number of alkyl halides is 1. The summed E-state index contributed by atoms with van der Waals surface area (Å²) < 4.78 is 38.9. The Labute approximate surface area is 253 Å². The van der Waals surface area contributed by atoms with Crippen LogP contribution < -0.4 is 4.74 Å². The van der Waals surface area contributed by atoms with E-state index in [1.54, 1.807) is 6.08 Å². The number of aliphatic hydroxyl groups excluding tert-OH is 1. The van der Waals surface area contributed by atoms with Gasteiger partial charge in [0.15, 0.2) is 24.3 Å². The fourth-order valence-corrected chi connectivity index (χ4v) is 9.01. The van der Waals surface area contributed by atoms with E-state index in [1.807, 2.05) is 20.8 Å². The lowest BCUT2D eigenvalue weighted by atomic mass is 9.46. The number of aliphatic hydroxyl groups is 1. The molecule has 1 aromatic carbocycles. The zero-order valence-corrected chi connectivity index (χ0v) is 24.8. The van der Waals surface area contributed by atoms with Gasteiger partial charge >= 0.3 is 6.16 Å². The minimum atomic E-state index is -1.56. The monoisotopic (exact) mass is 613 g/mol. The second-order valence-electron chi connectivity index (χ2n) is 13.1. The predicted octanol–water partition coefficient (Wildman–Crippen LogP) is 4.80. The molecule has 0 bridgehead atoms. The smallest absolute Gasteiger partial charge is 0.426 e. The Hall–Kier alpha value is -3.48. The maximum absolute atomic E-state index is 15.8. The van der Waals surface area contributed by atoms with Crippen LogP contribution >= 0.6 is 0 Å². The number of rotatable bonds is 7. The second kappa shape index (κ2) is 10.8. The van der Waals surface area contributed by atoms with E-state index in [4.69, 9.17) is 18.9 Å². The van der Waals surface area contributed by atoms with Gasteiger partial charge in [0.05, 0.1) is 17.1 Å². The number of nitro benzene ring substituents is 1. The molecule has 0 aromatic heterocycles. The van der Waals surface area contributed by atoms with Crippen molar-refractivity contribution >= 4 is 23.4 Å². The van der Waals surface area contributed by atoms with E-state index in [0.717, 1.165) is 6.42 Å². The highest BCUT2D eigenvalue weighted by molar-refractivity contribution is 6.01. The summed E-state index contributed by atoms with van der Waals surface area (Å²) in [6.45, 7) is 5.01. The number of nitro groups is 1. The van der Waals surface area contributed by atoms with Crippen LogP contribution in [0.25, 0.3) is 0 Å². The van der Waals surface area contributed by atoms with Gasteiger partial charge in [-0.3, -0.25) is 19.7 Å². The summed E-state index contributed by atoms with van der Waals surface area (Å²) in [7, 11) is 0. The molecular formula is C32H36FNO10. The number of allylic oxidation sites excluding steroid dienone is 4. The predicted molar refractivity (Wildman–Crippen MR) is 151 cm³/mol. The first-order valence-electron chi connectivity index (χ1n) is 15.1. The number of carbonyl (C=O) groups excluding carboxylic acids is 3. The lowest BCUT2D eigenvalue weighted by Gasteiger charge is -2.60. The quantitative estimate of drug-likeness (QED) is 0.197. The molecule has 4 aliphatic carbocycles. The number of benzene rings is 1. The Morgan fingerprint density at radius 1 is 1.20 bits per heavy atom. The fraction of sp³-hybridized carbons (Fsp3) is 0.594. The van der Waals surface area contributed by atoms with Crippen molar-refractivity contribution in [2.24, 2.45) is 28.6 Å². The lowest BCUT2D eigenvalue weighted by molar-refractivity contribution is -0.384. The maximum Gasteiger partial charge on any atom is 0.514 e. The minimum Gasteiger partial charge on any atom is -0.426 e. The number of carbonyl (C=O) groups is 3. The van der Waals surface area contributed by atoms with Crippen LogP contribution in [0, 0.1) is 38.7 Å². The molecule has 12 heteroatoms. The summed E-state index contributed by atoms with van der Waals surface area (Å²) in [4.78, 5) is 49.1. The molecule has 44 heavy (non-hydrogen) atoms. The minimum absolute atomic E-state index is 0.000311. The number of halogens is 1. The van der Waals surface area contributed by atoms with Gasteiger partial charge in [-0.05, 0) is 67.4 Å². The maximum atomic E-state index is 15.8. The summed E-state index contributed by atoms with van der Waals surface area (Å²) in [5.41, 5.74) is -3.19. The SMILES string of the molecule is CCCC1O[C@@H]2CC3[C@@H]4C[C@H](F)C5=CC(=O)C=C[C@]5(C)C4C(O)C[C@]3(C)[C@]2(C(=O)COC(=O)Oc2ccc([N+](=O)[O-])cc2)O1. The van der Waals surface area contributed by atoms with Crippen LogP contribution in [0.15, 0.2) is 48.1 Å². The summed E-state index contributed by atoms with van der Waals surface area (Å²) in [5.74, 6) is -1.79. The number of hydrogen-bond acceptors (Lipinski definition) is 10. The van der Waals surface area contributed by atoms with E-state index in [1.165, 1.54) is 36.4 Å². The van der Waals surface area contributed by atoms with Crippen LogP contribution in [0.5, 0.6) is 5.75 Å². The Balaban J connectivity index is 1.26. The van der Waals surface area contributed by atoms with Gasteiger partial charge < -0.3 is 24.1 Å². The van der Waals surface area contributed by atoms with Gasteiger partial charge in [-0.2, -0.15) is 0 Å². The lowest BCUT2D eigenvalue weighted by Crippen LogP contribution is -2.64. The highest BCUT2D eigenvalue weighted by Gasteiger charge is 2.76. The molecule has 5 aliphatic rings. The third kappa shape index (κ3) is 4.52. The molecule has 4 fully saturated rings. The number of fused-ring (bicyclic) bond motifs is 7. The third-order valence-electron chi connectivity index (χ3n) is 10.8. The van der Waals surface area contributed by atoms with Gasteiger partial charge in [0.1, 0.15) is 11.9 Å². The second-order valence-corrected chi connectivity index (χ2v) is 13.1. The third-order valence-corrected chi connectivity index (χ3v) is 10.8. The van der Waals surface area contributed by atoms with Crippen molar-refractivity contribution in [2.75, 3.05) is 6.61 Å². The van der Waals surface area contributed by atoms with Crippen molar-refractivity contribution in [3.8, 4) is 5.75 Å². The topological polar surface area (TPSA) is 152 Å². The molecule has 1 N–H and O–H groups in total. The first kappa shape index (κ1) is 30.5. The van der Waals surface area contributed by atoms with Gasteiger partial charge in [0.2, 0.25) is 5.78 Å². The van der Waals surface area contributed by atoms with Crippen LogP contribution in [-0.4, -0.2) is 64.6 Å². The zero-order valence-electron chi connectivity index (χ0n) is 24.8. The van der Waals surface area contributed by atoms with Crippen molar-refractivity contribution in [1.29, 1.82) is 0 Å². The largest absolute Gasteiger partial charge is 0.514 e. The normalized spacial score (nSPS) is 40.2. The van der Waals surface area contributed by atoms with Crippen molar-refractivity contribution < 1.29 is 47.8 Å². The Morgan fingerprint density at radius 3 is 2.61 bits per heavy atom. The summed E-state index contributed by atoms with van der Waals surface area (Å²) >= 11 is 0. The Bertz CT molecular complexity index is 1440. The highest BCUT2D eigenvalue weighted by atomic mass is 19.1. The highest BCUT2D eigenvalue weighted by Crippen LogP contribution is 2.70. The van der Waals surface area contributed by atoms with E-state index in [-0.39, 0.29) is 47.8 Å². The molecule has 11 nitrogen and oxygen atoms in total. The fourth-order valence-electron chi connectivity index (χ4n) is 9.01. The Morgan fingerprint density at radius 2 is 1.93 bits per heavy atom. The number of nitrogens with zero attached hydrogens (tertiary/aromatic N) is 1. The van der Waals surface area contributed by atoms with Crippen LogP contribution in [0.1, 0.15) is 52.9 Å². The van der Waals surface area contributed by atoms with E-state index in [2.05, 4.69) is 0 Å². The molecule has 1 aromatic rings. The molecule has 1 aliphatic heterocycles. The van der Waals surface area contributed by atoms with Crippen LogP contribution in [0.2, 0.25) is 0 Å². The molecular weight excluding hydrogens is 577 g/mol. The van der Waals surface area contributed by atoms with Gasteiger partial charge in [-0.15, -0.1) is 0 Å². The molecule has 1 saturated heterocycles. The average Bonchev–Trinajstić information content (AvgIpc) is 3.45. The van der Waals surface area contributed by atoms with Crippen LogP contribution in [0.4, 0.5) is 14.9 Å². The van der Waals surface area contributed by atoms with Crippen molar-refractivity contribution in [3.63, 3.8) is 0 Å². The van der Waals surface area contributed by atoms with E-state index >= 15 is 4.39 Å². The van der Waals surface area contributed by atoms with Gasteiger partial charge in [0.25, 0.3) is 5.69 Å². The molecule has 0 radical (unpaired) electrons. The average molecular weight is 614 g/mol. The van der Waals surface area contributed by atoms with Gasteiger partial charge in [-0.25, -0.2) is 9.18 Å². The van der Waals surface area contributed by atoms with Gasteiger partial charge in [-0.1, -0.05) is 33.3 Å². The van der Waals surface area contributed by atoms with Crippen molar-refractivity contribution in [3.05, 3.63) is 58.2 Å². The van der Waals surface area contributed by atoms with Crippen molar-refractivity contribution in [2.45, 2.75) is 83.1 Å². The van der Waals surface area contributed by atoms with E-state index in [0.29, 0.717) is 18.4 Å². The summed E-state index contributed by atoms with van der Waals surface area (Å²) in [6.07, 6.45) is 1.54. The van der Waals surface area contributed by atoms with Gasteiger partial charge in [0, 0.05) is 28.9 Å². The summed E-state index contributed by atoms with van der Waals surface area (Å²) in [6, 6.07) is 4.82. The zero-order chi connectivity index (χ0) is 31.6. The van der Waals surface area contributed by atoms with Crippen LogP contribution in [-0.2, 0) is 23.8 Å². The molecule has 236 valence electrons. The molecule has 6 rings (SSSR count). The number of ketones is 2. The number of ether oxygens (including phenoxy) is 4. The molecule has 3 saturated carbocycles. The standard InChI is InChI=1S/C32H36FNO10/c1-4-5-27-43-26-14-21-20-13-23(33)22-12-18(35)10-11-30(22,2)28(20)24(36)15-31(21,3)32(26,44-27)25(37)16-41-29(38)42-19-8-6-17(7-9-19)34(39)40/h6-12,20-21,23-24,26-28,36H,4-5,13-16H2,1-3H3/t20-,21?,23-,24?,26+,27?,28?,30-,31-,32+/m0/s1. The summed E-state index contributed by atoms with van der Waals surface area (Å²) in [5, 5.41) is 22.7. The molecule has 1 heterocycles. The van der Waals surface area contributed by atoms with E-state index < -0.39 is 64.6 Å². The van der Waals surface area contributed by atoms with Crippen molar-refractivity contribution in [1.82, 2.24) is 0 Å². The first-order chi connectivity index (χ1) is 20.8. The molecule has 0 amide bonds. The van der Waals surface area contributed by atoms with E-state index in [9.17, 15) is 29.6 Å². The van der Waals surface area contributed by atoms with Crippen LogP contribution in [0.3, 0.4) is 0 Å². The molecule has 4 unspecified atom stereocenters. The molecule has 10 atom stereocenters. The number of hydrogen-bond donors (Lipinski definition) is 1. The number of Topliss-reactive ketones (excluding diaryl/α,β-unsaturated/α-hetero) is 1. The number of non-ortho nitro benzene ring substituents is 1. The Kier molecular flexibility index (Phi) is 7.53.